The molecule has 1 aromatic carbocycles. The summed E-state index contributed by atoms with van der Waals surface area (Å²) < 4.78 is 40.7. The number of piperidine rings is 1. The molecule has 3 heterocycles. The first-order chi connectivity index (χ1) is 14.9. The summed E-state index contributed by atoms with van der Waals surface area (Å²) in [5.41, 5.74) is 0. The Morgan fingerprint density at radius 1 is 1.03 bits per heavy atom. The minimum atomic E-state index is -3.77. The van der Waals surface area contributed by atoms with Gasteiger partial charge in [0.15, 0.2) is 0 Å². The van der Waals surface area contributed by atoms with Gasteiger partial charge in [0.2, 0.25) is 15.9 Å². The molecule has 5 nitrogen and oxygen atoms in total. The second-order valence-electron chi connectivity index (χ2n) is 7.51. The van der Waals surface area contributed by atoms with Gasteiger partial charge in [0.1, 0.15) is 5.82 Å². The van der Waals surface area contributed by atoms with Crippen LogP contribution < -0.4 is 0 Å². The zero-order chi connectivity index (χ0) is 21.8. The van der Waals surface area contributed by atoms with Crippen molar-refractivity contribution in [2.24, 2.45) is 5.92 Å². The van der Waals surface area contributed by atoms with Crippen molar-refractivity contribution in [2.45, 2.75) is 30.8 Å². The third-order valence-corrected chi connectivity index (χ3v) is 8.95. The van der Waals surface area contributed by atoms with Crippen LogP contribution in [0.25, 0.3) is 0 Å². The number of nitrogens with zero attached hydrogens (tertiary/aromatic N) is 2. The predicted molar refractivity (Wildman–Crippen MR) is 121 cm³/mol. The normalized spacial score (nSPS) is 17.5. The number of hydrogen-bond acceptors (Lipinski definition) is 5. The fourth-order valence-electron chi connectivity index (χ4n) is 3.77. The lowest BCUT2D eigenvalue weighted by Gasteiger charge is -2.34. The SMILES string of the molecule is O=C(C1CCCN(S(=O)(=O)c2ccc(F)cc2)C1)N(Cc1cccs1)Cc1cccs1. The largest absolute Gasteiger partial charge is 0.332 e. The summed E-state index contributed by atoms with van der Waals surface area (Å²) in [5.74, 6) is -0.909. The Hall–Kier alpha value is -2.07. The molecule has 4 rings (SSSR count). The van der Waals surface area contributed by atoms with Gasteiger partial charge in [0.05, 0.1) is 23.9 Å². The molecule has 1 aliphatic heterocycles. The third-order valence-electron chi connectivity index (χ3n) is 5.35. The van der Waals surface area contributed by atoms with Gasteiger partial charge in [-0.3, -0.25) is 4.79 Å². The molecule has 31 heavy (non-hydrogen) atoms. The predicted octanol–water partition coefficient (Wildman–Crippen LogP) is 4.58. The molecule has 0 saturated carbocycles. The minimum Gasteiger partial charge on any atom is -0.332 e. The van der Waals surface area contributed by atoms with Crippen LogP contribution in [0.5, 0.6) is 0 Å². The Morgan fingerprint density at radius 3 is 2.19 bits per heavy atom. The molecule has 0 aliphatic carbocycles. The van der Waals surface area contributed by atoms with Crippen molar-refractivity contribution >= 4 is 38.6 Å². The van der Waals surface area contributed by atoms with E-state index < -0.39 is 21.8 Å². The van der Waals surface area contributed by atoms with E-state index >= 15 is 0 Å². The molecular formula is C22H23FN2O3S3. The summed E-state index contributed by atoms with van der Waals surface area (Å²) in [4.78, 5) is 17.5. The summed E-state index contributed by atoms with van der Waals surface area (Å²) in [5, 5.41) is 3.97. The quantitative estimate of drug-likeness (QED) is 0.500. The smallest absolute Gasteiger partial charge is 0.243 e. The molecule has 1 atom stereocenters. The highest BCUT2D eigenvalue weighted by Gasteiger charge is 2.35. The van der Waals surface area contributed by atoms with Crippen LogP contribution >= 0.6 is 22.7 Å². The number of rotatable bonds is 7. The van der Waals surface area contributed by atoms with Gasteiger partial charge in [-0.2, -0.15) is 4.31 Å². The van der Waals surface area contributed by atoms with Crippen molar-refractivity contribution in [3.05, 3.63) is 74.9 Å². The third kappa shape index (κ3) is 5.23. The van der Waals surface area contributed by atoms with Crippen LogP contribution in [0.3, 0.4) is 0 Å². The van der Waals surface area contributed by atoms with Gasteiger partial charge in [-0.25, -0.2) is 12.8 Å². The van der Waals surface area contributed by atoms with E-state index in [1.807, 2.05) is 39.9 Å². The van der Waals surface area contributed by atoms with E-state index in [9.17, 15) is 17.6 Å². The van der Waals surface area contributed by atoms with Crippen LogP contribution in [-0.2, 0) is 27.9 Å². The summed E-state index contributed by atoms with van der Waals surface area (Å²) in [6, 6.07) is 12.8. The van der Waals surface area contributed by atoms with Crippen LogP contribution in [0.15, 0.2) is 64.2 Å². The highest BCUT2D eigenvalue weighted by Crippen LogP contribution is 2.27. The Labute approximate surface area is 189 Å². The highest BCUT2D eigenvalue weighted by atomic mass is 32.2. The second kappa shape index (κ2) is 9.60. The van der Waals surface area contributed by atoms with Gasteiger partial charge in [0.25, 0.3) is 0 Å². The maximum absolute atomic E-state index is 13.5. The first-order valence-corrected chi connectivity index (χ1v) is 13.2. The minimum absolute atomic E-state index is 0.0270. The molecular weight excluding hydrogens is 455 g/mol. The van der Waals surface area contributed by atoms with Crippen molar-refractivity contribution in [3.8, 4) is 0 Å². The number of sulfonamides is 1. The maximum Gasteiger partial charge on any atom is 0.243 e. The van der Waals surface area contributed by atoms with Gasteiger partial charge >= 0.3 is 0 Å². The molecule has 3 aromatic rings. The lowest BCUT2D eigenvalue weighted by molar-refractivity contribution is -0.137. The number of carbonyl (C=O) groups excluding carboxylic acids is 1. The molecule has 1 amide bonds. The lowest BCUT2D eigenvalue weighted by Crippen LogP contribution is -2.46. The van der Waals surface area contributed by atoms with Crippen molar-refractivity contribution in [1.82, 2.24) is 9.21 Å². The van der Waals surface area contributed by atoms with E-state index in [-0.39, 0.29) is 17.3 Å². The van der Waals surface area contributed by atoms with E-state index in [4.69, 9.17) is 0 Å². The average Bonchev–Trinajstić information content (AvgIpc) is 3.48. The van der Waals surface area contributed by atoms with Crippen molar-refractivity contribution in [1.29, 1.82) is 0 Å². The first kappa shape index (κ1) is 22.1. The number of halogens is 1. The number of amides is 1. The van der Waals surface area contributed by atoms with Gasteiger partial charge in [-0.05, 0) is 60.0 Å². The average molecular weight is 479 g/mol. The molecule has 164 valence electrons. The second-order valence-corrected chi connectivity index (χ2v) is 11.5. The van der Waals surface area contributed by atoms with E-state index in [0.717, 1.165) is 21.9 Å². The topological polar surface area (TPSA) is 57.7 Å². The van der Waals surface area contributed by atoms with Crippen molar-refractivity contribution in [2.75, 3.05) is 13.1 Å². The number of hydrogen-bond donors (Lipinski definition) is 0. The number of benzene rings is 1. The van der Waals surface area contributed by atoms with Gasteiger partial charge in [-0.1, -0.05) is 12.1 Å². The van der Waals surface area contributed by atoms with Crippen LogP contribution in [0.2, 0.25) is 0 Å². The van der Waals surface area contributed by atoms with Crippen LogP contribution in [0.4, 0.5) is 4.39 Å². The van der Waals surface area contributed by atoms with Crippen molar-refractivity contribution in [3.63, 3.8) is 0 Å². The summed E-state index contributed by atoms with van der Waals surface area (Å²) in [6.45, 7) is 1.52. The van der Waals surface area contributed by atoms with E-state index in [0.29, 0.717) is 32.5 Å². The number of carbonyl (C=O) groups is 1. The summed E-state index contributed by atoms with van der Waals surface area (Å²) in [6.07, 6.45) is 1.27. The molecule has 0 N–H and O–H groups in total. The van der Waals surface area contributed by atoms with Crippen LogP contribution in [-0.4, -0.2) is 36.6 Å². The fourth-order valence-corrected chi connectivity index (χ4v) is 6.73. The highest BCUT2D eigenvalue weighted by molar-refractivity contribution is 7.89. The van der Waals surface area contributed by atoms with Crippen LogP contribution in [0, 0.1) is 11.7 Å². The number of thiophene rings is 2. The zero-order valence-corrected chi connectivity index (χ0v) is 19.3. The first-order valence-electron chi connectivity index (χ1n) is 10.0. The lowest BCUT2D eigenvalue weighted by atomic mass is 9.98. The summed E-state index contributed by atoms with van der Waals surface area (Å²) in [7, 11) is -3.77. The summed E-state index contributed by atoms with van der Waals surface area (Å²) >= 11 is 3.21. The molecule has 1 unspecified atom stereocenters. The molecule has 0 radical (unpaired) electrons. The Morgan fingerprint density at radius 2 is 1.65 bits per heavy atom. The molecule has 9 heteroatoms. The molecule has 1 aliphatic rings. The molecule has 0 spiro atoms. The van der Waals surface area contributed by atoms with Crippen LogP contribution in [0.1, 0.15) is 22.6 Å². The Balaban J connectivity index is 1.52. The zero-order valence-electron chi connectivity index (χ0n) is 16.8. The Bertz CT molecular complexity index is 1060. The standard InChI is InChI=1S/C22H23FN2O3S3/c23-18-7-9-21(10-8-18)31(27,28)25-11-1-4-17(14-25)22(26)24(15-19-5-2-12-29-19)16-20-6-3-13-30-20/h2-3,5-10,12-13,17H,1,4,11,14-16H2. The molecule has 2 aromatic heterocycles. The molecule has 0 bridgehead atoms. The van der Waals surface area contributed by atoms with E-state index in [1.54, 1.807) is 22.7 Å². The monoisotopic (exact) mass is 478 g/mol. The van der Waals surface area contributed by atoms with Gasteiger partial charge in [-0.15, -0.1) is 22.7 Å². The maximum atomic E-state index is 13.5. The van der Waals surface area contributed by atoms with Gasteiger partial charge in [0, 0.05) is 22.8 Å². The van der Waals surface area contributed by atoms with Crippen molar-refractivity contribution < 1.29 is 17.6 Å². The molecule has 1 fully saturated rings. The Kier molecular flexibility index (Phi) is 6.86. The molecule has 1 saturated heterocycles. The van der Waals surface area contributed by atoms with Gasteiger partial charge < -0.3 is 4.90 Å². The van der Waals surface area contributed by atoms with E-state index in [1.165, 1.54) is 16.4 Å². The van der Waals surface area contributed by atoms with E-state index in [2.05, 4.69) is 0 Å². The fraction of sp³-hybridized carbons (Fsp3) is 0.318.